The van der Waals surface area contributed by atoms with Gasteiger partial charge in [0.1, 0.15) is 18.5 Å². The number of allylic oxidation sites excluding steroid dienone is 1. The van der Waals surface area contributed by atoms with Crippen molar-refractivity contribution in [2.24, 2.45) is 28.6 Å². The molecule has 0 aromatic rings. The highest BCUT2D eigenvalue weighted by molar-refractivity contribution is 5.66. The first-order chi connectivity index (χ1) is 13.8. The van der Waals surface area contributed by atoms with Crippen LogP contribution in [0.3, 0.4) is 0 Å². The number of ether oxygens (including phenoxy) is 2. The Bertz CT molecular complexity index is 727. The average Bonchev–Trinajstić information content (AvgIpc) is 2.97. The second-order valence-corrected chi connectivity index (χ2v) is 10.1. The minimum atomic E-state index is -0.219. The van der Waals surface area contributed by atoms with E-state index in [-0.39, 0.29) is 35.0 Å². The van der Waals surface area contributed by atoms with E-state index in [1.165, 1.54) is 19.4 Å². The zero-order valence-corrected chi connectivity index (χ0v) is 17.9. The van der Waals surface area contributed by atoms with Crippen LogP contribution in [0.15, 0.2) is 11.6 Å². The Labute approximate surface area is 173 Å². The number of rotatable bonds is 4. The molecule has 0 heterocycles. The molecule has 0 radical (unpaired) electrons. The molecular weight excluding hydrogens is 368 g/mol. The molecule has 0 aromatic carbocycles. The molecule has 4 aliphatic carbocycles. The molecule has 0 unspecified atom stereocenters. The summed E-state index contributed by atoms with van der Waals surface area (Å²) < 4.78 is 11.3. The largest absolute Gasteiger partial charge is 0.462 e. The summed E-state index contributed by atoms with van der Waals surface area (Å²) in [4.78, 5) is 34.8. The Morgan fingerprint density at radius 1 is 1.07 bits per heavy atom. The third kappa shape index (κ3) is 3.34. The van der Waals surface area contributed by atoms with Crippen LogP contribution >= 0.6 is 0 Å². The van der Waals surface area contributed by atoms with Crippen LogP contribution in [-0.4, -0.2) is 30.4 Å². The van der Waals surface area contributed by atoms with Crippen LogP contribution in [0.25, 0.3) is 0 Å². The molecule has 0 N–H and O–H groups in total. The van der Waals surface area contributed by atoms with Gasteiger partial charge in [0.25, 0.3) is 0 Å². The van der Waals surface area contributed by atoms with Crippen molar-refractivity contribution < 1.29 is 23.9 Å². The van der Waals surface area contributed by atoms with Gasteiger partial charge in [-0.1, -0.05) is 18.6 Å². The van der Waals surface area contributed by atoms with Crippen molar-refractivity contribution in [2.45, 2.75) is 90.8 Å². The maximum absolute atomic E-state index is 11.8. The predicted octanol–water partition coefficient (Wildman–Crippen LogP) is 4.38. The summed E-state index contributed by atoms with van der Waals surface area (Å²) in [5.74, 6) is 1.19. The van der Waals surface area contributed by atoms with Gasteiger partial charge < -0.3 is 14.3 Å². The molecular formula is C24H34O5. The zero-order valence-electron chi connectivity index (χ0n) is 17.9. The van der Waals surface area contributed by atoms with E-state index >= 15 is 0 Å². The first-order valence-electron chi connectivity index (χ1n) is 11.3. The lowest BCUT2D eigenvalue weighted by Crippen LogP contribution is -2.52. The van der Waals surface area contributed by atoms with Gasteiger partial charge in [-0.3, -0.25) is 9.59 Å². The fourth-order valence-corrected chi connectivity index (χ4v) is 7.63. The standard InChI is InChI=1S/C24H34O5/c1-15(26)28-18-8-11-24(12-13-25)17(14-18)4-5-19-20-6-7-22(29-16(2)27)23(20,3)10-9-21(19)24/h4,13,18-22H,5-12,14H2,1-3H3/t18-,19-,20-,21-,22-,23-,24+/m0/s1. The molecule has 160 valence electrons. The lowest BCUT2D eigenvalue weighted by atomic mass is 9.46. The summed E-state index contributed by atoms with van der Waals surface area (Å²) in [5.41, 5.74) is 1.33. The van der Waals surface area contributed by atoms with Crippen molar-refractivity contribution in [3.05, 3.63) is 11.6 Å². The molecule has 0 bridgehead atoms. The highest BCUT2D eigenvalue weighted by atomic mass is 16.5. The van der Waals surface area contributed by atoms with Crippen molar-refractivity contribution in [1.82, 2.24) is 0 Å². The summed E-state index contributed by atoms with van der Waals surface area (Å²) >= 11 is 0. The van der Waals surface area contributed by atoms with Gasteiger partial charge in [0.15, 0.2) is 0 Å². The van der Waals surface area contributed by atoms with Gasteiger partial charge in [0, 0.05) is 37.5 Å². The minimum absolute atomic E-state index is 0.0260. The predicted molar refractivity (Wildman–Crippen MR) is 108 cm³/mol. The maximum atomic E-state index is 11.8. The highest BCUT2D eigenvalue weighted by Gasteiger charge is 2.60. The summed E-state index contributed by atoms with van der Waals surface area (Å²) in [7, 11) is 0. The van der Waals surface area contributed by atoms with Gasteiger partial charge in [-0.05, 0) is 62.7 Å². The lowest BCUT2D eigenvalue weighted by molar-refractivity contribution is -0.157. The van der Waals surface area contributed by atoms with Crippen LogP contribution < -0.4 is 0 Å². The van der Waals surface area contributed by atoms with E-state index in [1.54, 1.807) is 0 Å². The van der Waals surface area contributed by atoms with Crippen molar-refractivity contribution >= 4 is 18.2 Å². The minimum Gasteiger partial charge on any atom is -0.462 e. The van der Waals surface area contributed by atoms with Crippen molar-refractivity contribution in [3.8, 4) is 0 Å². The van der Waals surface area contributed by atoms with E-state index in [0.717, 1.165) is 57.7 Å². The van der Waals surface area contributed by atoms with Gasteiger partial charge in [0.05, 0.1) is 0 Å². The topological polar surface area (TPSA) is 69.7 Å². The molecule has 0 amide bonds. The van der Waals surface area contributed by atoms with E-state index in [4.69, 9.17) is 9.47 Å². The number of aldehydes is 1. The van der Waals surface area contributed by atoms with E-state index in [9.17, 15) is 14.4 Å². The Balaban J connectivity index is 1.61. The first-order valence-corrected chi connectivity index (χ1v) is 11.3. The molecule has 5 heteroatoms. The first kappa shape index (κ1) is 20.6. The Morgan fingerprint density at radius 3 is 2.52 bits per heavy atom. The van der Waals surface area contributed by atoms with Crippen LogP contribution in [0.1, 0.15) is 78.6 Å². The second kappa shape index (κ2) is 7.55. The fraction of sp³-hybridized carbons (Fsp3) is 0.792. The van der Waals surface area contributed by atoms with Gasteiger partial charge in [-0.2, -0.15) is 0 Å². The van der Waals surface area contributed by atoms with Gasteiger partial charge >= 0.3 is 11.9 Å². The summed E-state index contributed by atoms with van der Waals surface area (Å²) in [6.07, 6.45) is 11.8. The molecule has 7 atom stereocenters. The summed E-state index contributed by atoms with van der Waals surface area (Å²) in [6, 6.07) is 0. The fourth-order valence-electron chi connectivity index (χ4n) is 7.63. The van der Waals surface area contributed by atoms with E-state index < -0.39 is 0 Å². The molecule has 29 heavy (non-hydrogen) atoms. The lowest BCUT2D eigenvalue weighted by Gasteiger charge is -2.58. The normalized spacial score (nSPS) is 43.3. The Hall–Kier alpha value is -1.65. The molecule has 4 rings (SSSR count). The van der Waals surface area contributed by atoms with Crippen LogP contribution in [-0.2, 0) is 23.9 Å². The number of carbonyl (C=O) groups excluding carboxylic acids is 3. The van der Waals surface area contributed by atoms with Gasteiger partial charge in [-0.25, -0.2) is 0 Å². The van der Waals surface area contributed by atoms with Crippen molar-refractivity contribution in [1.29, 1.82) is 0 Å². The quantitative estimate of drug-likeness (QED) is 0.396. The molecule has 0 spiro atoms. The second-order valence-electron chi connectivity index (χ2n) is 10.1. The molecule has 3 fully saturated rings. The van der Waals surface area contributed by atoms with Crippen LogP contribution in [0.2, 0.25) is 0 Å². The molecule has 3 saturated carbocycles. The molecule has 5 nitrogen and oxygen atoms in total. The molecule has 0 aromatic heterocycles. The van der Waals surface area contributed by atoms with Crippen molar-refractivity contribution in [2.75, 3.05) is 0 Å². The third-order valence-corrected chi connectivity index (χ3v) is 8.78. The van der Waals surface area contributed by atoms with Crippen molar-refractivity contribution in [3.63, 3.8) is 0 Å². The van der Waals surface area contributed by atoms with Crippen LogP contribution in [0, 0.1) is 28.6 Å². The molecule has 0 saturated heterocycles. The molecule has 0 aliphatic heterocycles. The third-order valence-electron chi connectivity index (χ3n) is 8.78. The zero-order chi connectivity index (χ0) is 20.8. The van der Waals surface area contributed by atoms with E-state index in [0.29, 0.717) is 24.2 Å². The highest BCUT2D eigenvalue weighted by Crippen LogP contribution is 2.66. The Morgan fingerprint density at radius 2 is 1.83 bits per heavy atom. The number of hydrogen-bond donors (Lipinski definition) is 0. The summed E-state index contributed by atoms with van der Waals surface area (Å²) in [5, 5.41) is 0. The Kier molecular flexibility index (Phi) is 5.37. The molecule has 4 aliphatic rings. The number of esters is 2. The smallest absolute Gasteiger partial charge is 0.302 e. The van der Waals surface area contributed by atoms with Gasteiger partial charge in [-0.15, -0.1) is 0 Å². The summed E-state index contributed by atoms with van der Waals surface area (Å²) in [6.45, 7) is 5.30. The van der Waals surface area contributed by atoms with Gasteiger partial charge in [0.2, 0.25) is 0 Å². The monoisotopic (exact) mass is 402 g/mol. The van der Waals surface area contributed by atoms with E-state index in [1.807, 2.05) is 0 Å². The number of hydrogen-bond acceptors (Lipinski definition) is 5. The van der Waals surface area contributed by atoms with Crippen LogP contribution in [0.4, 0.5) is 0 Å². The average molecular weight is 403 g/mol. The number of carbonyl (C=O) groups is 3. The number of fused-ring (bicyclic) bond motifs is 5. The SMILES string of the molecule is CC(=O)O[C@H]1CC[C@@]2(CC=O)C(=CC[C@@H]3[C@@H]2CC[C@]2(C)[C@@H](OC(C)=O)CC[C@@H]32)C1. The maximum Gasteiger partial charge on any atom is 0.302 e. The van der Waals surface area contributed by atoms with Crippen LogP contribution in [0.5, 0.6) is 0 Å². The van der Waals surface area contributed by atoms with E-state index in [2.05, 4.69) is 13.0 Å².